The summed E-state index contributed by atoms with van der Waals surface area (Å²) in [5.74, 6) is 1.00. The zero-order valence-electron chi connectivity index (χ0n) is 19.1. The molecule has 176 valence electrons. The maximum absolute atomic E-state index is 12.5. The third kappa shape index (κ3) is 7.60. The molecule has 8 heteroatoms. The van der Waals surface area contributed by atoms with Crippen LogP contribution in [0.5, 0.6) is 11.5 Å². The molecule has 0 saturated carbocycles. The molecule has 3 N–H and O–H groups in total. The second-order valence-corrected chi connectivity index (χ2v) is 7.78. The number of anilines is 2. The van der Waals surface area contributed by atoms with Crippen LogP contribution < -0.4 is 25.4 Å². The third-order valence-electron chi connectivity index (χ3n) is 4.80. The molecule has 0 fully saturated rings. The van der Waals surface area contributed by atoms with Crippen molar-refractivity contribution < 1.29 is 19.1 Å². The van der Waals surface area contributed by atoms with E-state index in [2.05, 4.69) is 16.0 Å². The second-order valence-electron chi connectivity index (χ2n) is 7.37. The molecule has 0 radical (unpaired) electrons. The Kier molecular flexibility index (Phi) is 8.99. The second kappa shape index (κ2) is 12.4. The van der Waals surface area contributed by atoms with Gasteiger partial charge in [-0.05, 0) is 73.2 Å². The number of hydrogen-bond acceptors (Lipinski definition) is 5. The van der Waals surface area contributed by atoms with Gasteiger partial charge in [0.05, 0.1) is 0 Å². The van der Waals surface area contributed by atoms with Gasteiger partial charge in [0, 0.05) is 23.4 Å². The van der Waals surface area contributed by atoms with Crippen LogP contribution in [-0.2, 0) is 4.79 Å². The van der Waals surface area contributed by atoms with Crippen LogP contribution in [0.2, 0.25) is 0 Å². The molecule has 2 amide bonds. The van der Waals surface area contributed by atoms with Crippen LogP contribution >= 0.6 is 12.2 Å². The SMILES string of the molecule is CCC(=O)Nc1cc(NC(=S)NC(=O)c2ccc(OCCOc3ccccc3)cc2)ccc1C. The topological polar surface area (TPSA) is 88.7 Å². The van der Waals surface area contributed by atoms with Crippen LogP contribution in [0.15, 0.2) is 72.8 Å². The van der Waals surface area contributed by atoms with Gasteiger partial charge in [0.25, 0.3) is 5.91 Å². The Morgan fingerprint density at radius 1 is 0.853 bits per heavy atom. The number of rotatable bonds is 9. The maximum atomic E-state index is 12.5. The number of hydrogen-bond donors (Lipinski definition) is 3. The summed E-state index contributed by atoms with van der Waals surface area (Å²) in [5.41, 5.74) is 2.72. The first kappa shape index (κ1) is 24.7. The Morgan fingerprint density at radius 3 is 2.15 bits per heavy atom. The predicted octanol–water partition coefficient (Wildman–Crippen LogP) is 4.93. The summed E-state index contributed by atoms with van der Waals surface area (Å²) in [6.07, 6.45) is 0.386. The number of carbonyl (C=O) groups excluding carboxylic acids is 2. The first-order valence-electron chi connectivity index (χ1n) is 10.9. The van der Waals surface area contributed by atoms with Crippen LogP contribution in [-0.4, -0.2) is 30.1 Å². The molecule has 0 aromatic heterocycles. The Balaban J connectivity index is 1.47. The Morgan fingerprint density at radius 2 is 1.50 bits per heavy atom. The first-order chi connectivity index (χ1) is 16.4. The van der Waals surface area contributed by atoms with E-state index in [1.807, 2.05) is 49.4 Å². The lowest BCUT2D eigenvalue weighted by atomic mass is 10.1. The third-order valence-corrected chi connectivity index (χ3v) is 5.00. The van der Waals surface area contributed by atoms with Crippen molar-refractivity contribution in [1.82, 2.24) is 5.32 Å². The van der Waals surface area contributed by atoms with Gasteiger partial charge in [-0.15, -0.1) is 0 Å². The first-order valence-corrected chi connectivity index (χ1v) is 11.3. The van der Waals surface area contributed by atoms with Crippen molar-refractivity contribution in [3.05, 3.63) is 83.9 Å². The molecular formula is C26H27N3O4S. The van der Waals surface area contributed by atoms with Crippen LogP contribution in [0.1, 0.15) is 29.3 Å². The minimum Gasteiger partial charge on any atom is -0.490 e. The van der Waals surface area contributed by atoms with Crippen LogP contribution in [0.25, 0.3) is 0 Å². The highest BCUT2D eigenvalue weighted by molar-refractivity contribution is 7.80. The number of nitrogens with one attached hydrogen (secondary N) is 3. The summed E-state index contributed by atoms with van der Waals surface area (Å²) in [6.45, 7) is 4.48. The standard InChI is InChI=1S/C26H27N3O4S/c1-3-24(30)28-23-17-20(12-9-18(23)2)27-26(34)29-25(31)19-10-13-22(14-11-19)33-16-15-32-21-7-5-4-6-8-21/h4-14,17H,3,15-16H2,1-2H3,(H,28,30)(H2,27,29,31,34). The fourth-order valence-electron chi connectivity index (χ4n) is 2.95. The highest BCUT2D eigenvalue weighted by atomic mass is 32.1. The lowest BCUT2D eigenvalue weighted by molar-refractivity contribution is -0.115. The summed E-state index contributed by atoms with van der Waals surface area (Å²) >= 11 is 5.27. The number of para-hydroxylation sites is 1. The van der Waals surface area contributed by atoms with Crippen LogP contribution in [0.4, 0.5) is 11.4 Å². The highest BCUT2D eigenvalue weighted by Crippen LogP contribution is 2.20. The molecule has 3 rings (SSSR count). The number of carbonyl (C=O) groups is 2. The zero-order chi connectivity index (χ0) is 24.3. The maximum Gasteiger partial charge on any atom is 0.257 e. The normalized spacial score (nSPS) is 10.2. The molecule has 0 aliphatic rings. The van der Waals surface area contributed by atoms with E-state index >= 15 is 0 Å². The summed E-state index contributed by atoms with van der Waals surface area (Å²) in [7, 11) is 0. The largest absolute Gasteiger partial charge is 0.490 e. The van der Waals surface area contributed by atoms with Crippen molar-refractivity contribution in [1.29, 1.82) is 0 Å². The molecule has 34 heavy (non-hydrogen) atoms. The van der Waals surface area contributed by atoms with Crippen LogP contribution in [0, 0.1) is 6.92 Å². The predicted molar refractivity (Wildman–Crippen MR) is 138 cm³/mol. The zero-order valence-corrected chi connectivity index (χ0v) is 19.9. The van der Waals surface area contributed by atoms with Crippen molar-refractivity contribution >= 4 is 40.5 Å². The van der Waals surface area contributed by atoms with E-state index in [0.29, 0.717) is 42.3 Å². The van der Waals surface area contributed by atoms with Gasteiger partial charge < -0.3 is 20.1 Å². The van der Waals surface area contributed by atoms with E-state index in [0.717, 1.165) is 11.3 Å². The molecule has 0 aliphatic carbocycles. The van der Waals surface area contributed by atoms with Gasteiger partial charge in [-0.3, -0.25) is 14.9 Å². The molecule has 0 unspecified atom stereocenters. The van der Waals surface area contributed by atoms with Gasteiger partial charge >= 0.3 is 0 Å². The number of amides is 2. The molecule has 0 saturated heterocycles. The van der Waals surface area contributed by atoms with E-state index in [1.54, 1.807) is 37.3 Å². The minimum atomic E-state index is -0.344. The van der Waals surface area contributed by atoms with Gasteiger partial charge in [-0.2, -0.15) is 0 Å². The molecule has 7 nitrogen and oxygen atoms in total. The van der Waals surface area contributed by atoms with Crippen molar-refractivity contribution in [3.8, 4) is 11.5 Å². The quantitative estimate of drug-likeness (QED) is 0.299. The highest BCUT2D eigenvalue weighted by Gasteiger charge is 2.10. The molecule has 0 spiro atoms. The van der Waals surface area contributed by atoms with E-state index in [1.165, 1.54) is 0 Å². The smallest absolute Gasteiger partial charge is 0.257 e. The van der Waals surface area contributed by atoms with E-state index in [9.17, 15) is 9.59 Å². The van der Waals surface area contributed by atoms with Crippen molar-refractivity contribution in [3.63, 3.8) is 0 Å². The van der Waals surface area contributed by atoms with Gasteiger partial charge in [0.1, 0.15) is 24.7 Å². The minimum absolute atomic E-state index is 0.0766. The van der Waals surface area contributed by atoms with Gasteiger partial charge in [0.15, 0.2) is 5.11 Å². The lowest BCUT2D eigenvalue weighted by Gasteiger charge is -2.13. The van der Waals surface area contributed by atoms with Crippen molar-refractivity contribution in [2.24, 2.45) is 0 Å². The number of aryl methyl sites for hydroxylation is 1. The fraction of sp³-hybridized carbons (Fsp3) is 0.192. The van der Waals surface area contributed by atoms with Gasteiger partial charge in [-0.1, -0.05) is 31.2 Å². The number of benzene rings is 3. The van der Waals surface area contributed by atoms with E-state index in [4.69, 9.17) is 21.7 Å². The van der Waals surface area contributed by atoms with Gasteiger partial charge in [0.2, 0.25) is 5.91 Å². The van der Waals surface area contributed by atoms with E-state index in [-0.39, 0.29) is 16.9 Å². The van der Waals surface area contributed by atoms with Gasteiger partial charge in [-0.25, -0.2) is 0 Å². The Hall–Kier alpha value is -3.91. The summed E-state index contributed by atoms with van der Waals surface area (Å²) in [6, 6.07) is 21.7. The molecule has 0 aliphatic heterocycles. The summed E-state index contributed by atoms with van der Waals surface area (Å²) < 4.78 is 11.2. The van der Waals surface area contributed by atoms with Crippen LogP contribution in [0.3, 0.4) is 0 Å². The molecular weight excluding hydrogens is 450 g/mol. The monoisotopic (exact) mass is 477 g/mol. The average molecular weight is 478 g/mol. The Labute approximate surface area is 204 Å². The summed E-state index contributed by atoms with van der Waals surface area (Å²) in [5, 5.41) is 8.62. The average Bonchev–Trinajstić information content (AvgIpc) is 2.84. The van der Waals surface area contributed by atoms with E-state index < -0.39 is 0 Å². The fourth-order valence-corrected chi connectivity index (χ4v) is 3.16. The molecule has 3 aromatic rings. The Bertz CT molecular complexity index is 1130. The molecule has 0 atom stereocenters. The number of thiocarbonyl (C=S) groups is 1. The molecule has 0 bridgehead atoms. The van der Waals surface area contributed by atoms with Crippen molar-refractivity contribution in [2.45, 2.75) is 20.3 Å². The molecule has 3 aromatic carbocycles. The lowest BCUT2D eigenvalue weighted by Crippen LogP contribution is -2.34. The van der Waals surface area contributed by atoms with Crippen molar-refractivity contribution in [2.75, 3.05) is 23.8 Å². The summed E-state index contributed by atoms with van der Waals surface area (Å²) in [4.78, 5) is 24.2. The molecule has 0 heterocycles. The number of ether oxygens (including phenoxy) is 2.